The van der Waals surface area contributed by atoms with Gasteiger partial charge in [-0.3, -0.25) is 24.1 Å². The summed E-state index contributed by atoms with van der Waals surface area (Å²) in [5.74, 6) is -0.190. The quantitative estimate of drug-likeness (QED) is 0.538. The van der Waals surface area contributed by atoms with Gasteiger partial charge in [-0.05, 0) is 35.5 Å². The smallest absolute Gasteiger partial charge is 0.293 e. The topological polar surface area (TPSA) is 112 Å². The van der Waals surface area contributed by atoms with Gasteiger partial charge in [0.15, 0.2) is 0 Å². The molecule has 1 aliphatic rings. The van der Waals surface area contributed by atoms with Crippen LogP contribution in [0.5, 0.6) is 0 Å². The molecule has 2 heterocycles. The van der Waals surface area contributed by atoms with Crippen molar-refractivity contribution < 1.29 is 14.4 Å². The molecule has 1 aliphatic heterocycles. The molecule has 1 fully saturated rings. The van der Waals surface area contributed by atoms with Crippen LogP contribution >= 0.6 is 11.8 Å². The van der Waals surface area contributed by atoms with Crippen molar-refractivity contribution >= 4 is 45.8 Å². The number of aryl methyl sites for hydroxylation is 1. The Bertz CT molecular complexity index is 1270. The fourth-order valence-electron chi connectivity index (χ4n) is 3.27. The van der Waals surface area contributed by atoms with Gasteiger partial charge in [0.1, 0.15) is 5.82 Å². The van der Waals surface area contributed by atoms with E-state index >= 15 is 0 Å². The molecule has 9 heteroatoms. The van der Waals surface area contributed by atoms with Crippen molar-refractivity contribution in [3.8, 4) is 0 Å². The number of carbonyl (C=O) groups is 3. The molecule has 2 N–H and O–H groups in total. The van der Waals surface area contributed by atoms with Crippen LogP contribution in [0.15, 0.2) is 64.3 Å². The number of thioether (sulfide) groups is 1. The minimum atomic E-state index is -0.365. The maximum absolute atomic E-state index is 12.5. The highest BCUT2D eigenvalue weighted by Crippen LogP contribution is 2.31. The Labute approximate surface area is 187 Å². The number of carbonyl (C=O) groups excluding carboxylic acids is 3. The van der Waals surface area contributed by atoms with E-state index in [9.17, 15) is 19.2 Å². The Morgan fingerprint density at radius 2 is 1.81 bits per heavy atom. The maximum atomic E-state index is 12.5. The summed E-state index contributed by atoms with van der Waals surface area (Å²) < 4.78 is 0. The third-order valence-electron chi connectivity index (χ3n) is 4.88. The lowest BCUT2D eigenvalue weighted by atomic mass is 10.2. The number of aromatic nitrogens is 2. The van der Waals surface area contributed by atoms with E-state index < -0.39 is 0 Å². The second-order valence-electron chi connectivity index (χ2n) is 7.12. The van der Waals surface area contributed by atoms with Crippen molar-refractivity contribution in [3.63, 3.8) is 0 Å². The molecule has 162 valence electrons. The predicted molar refractivity (Wildman–Crippen MR) is 123 cm³/mol. The number of nitrogens with one attached hydrogen (secondary N) is 2. The largest absolute Gasteiger partial charge is 0.354 e. The van der Waals surface area contributed by atoms with Gasteiger partial charge in [-0.2, -0.15) is 0 Å². The van der Waals surface area contributed by atoms with Gasteiger partial charge in [0.2, 0.25) is 5.91 Å². The lowest BCUT2D eigenvalue weighted by Gasteiger charge is -2.13. The molecule has 0 aliphatic carbocycles. The summed E-state index contributed by atoms with van der Waals surface area (Å²) in [7, 11) is 0. The minimum Gasteiger partial charge on any atom is -0.354 e. The molecule has 2 aromatic carbocycles. The van der Waals surface area contributed by atoms with E-state index in [1.807, 2.05) is 30.3 Å². The second-order valence-corrected chi connectivity index (χ2v) is 8.12. The zero-order valence-corrected chi connectivity index (χ0v) is 17.9. The summed E-state index contributed by atoms with van der Waals surface area (Å²) >= 11 is 0.889. The van der Waals surface area contributed by atoms with Crippen molar-refractivity contribution in [1.29, 1.82) is 0 Å². The van der Waals surface area contributed by atoms with Gasteiger partial charge in [0.05, 0.1) is 15.8 Å². The van der Waals surface area contributed by atoms with Gasteiger partial charge in [-0.1, -0.05) is 42.5 Å². The molecule has 3 amide bonds. The molecule has 32 heavy (non-hydrogen) atoms. The molecule has 0 unspecified atom stereocenters. The first-order valence-corrected chi connectivity index (χ1v) is 10.9. The number of amides is 3. The van der Waals surface area contributed by atoms with Gasteiger partial charge in [-0.25, -0.2) is 4.98 Å². The molecule has 1 saturated heterocycles. The zero-order valence-electron chi connectivity index (χ0n) is 17.0. The summed E-state index contributed by atoms with van der Waals surface area (Å²) in [6.07, 6.45) is 2.07. The number of para-hydroxylation sites is 1. The van der Waals surface area contributed by atoms with Crippen molar-refractivity contribution in [1.82, 2.24) is 20.2 Å². The van der Waals surface area contributed by atoms with Crippen molar-refractivity contribution in [2.75, 3.05) is 13.1 Å². The predicted octanol–water partition coefficient (Wildman–Crippen LogP) is 2.71. The van der Waals surface area contributed by atoms with Crippen molar-refractivity contribution in [3.05, 3.63) is 81.2 Å². The van der Waals surface area contributed by atoms with E-state index in [1.54, 1.807) is 30.3 Å². The Balaban J connectivity index is 1.28. The zero-order chi connectivity index (χ0) is 22.5. The van der Waals surface area contributed by atoms with Gasteiger partial charge in [0, 0.05) is 25.9 Å². The highest BCUT2D eigenvalue weighted by atomic mass is 32.2. The normalized spacial score (nSPS) is 15.0. The number of benzene rings is 2. The summed E-state index contributed by atoms with van der Waals surface area (Å²) in [5.41, 5.74) is 1.18. The maximum Gasteiger partial charge on any atom is 0.293 e. The fourth-order valence-corrected chi connectivity index (χ4v) is 4.14. The monoisotopic (exact) mass is 448 g/mol. The molecule has 4 rings (SSSR count). The highest BCUT2D eigenvalue weighted by molar-refractivity contribution is 8.18. The first-order chi connectivity index (χ1) is 15.5. The van der Waals surface area contributed by atoms with E-state index in [0.717, 1.165) is 22.2 Å². The second kappa shape index (κ2) is 9.61. The molecular weight excluding hydrogens is 428 g/mol. The number of fused-ring (bicyclic) bond motifs is 1. The molecule has 3 aromatic rings. The average Bonchev–Trinajstić information content (AvgIpc) is 3.06. The lowest BCUT2D eigenvalue weighted by Crippen LogP contribution is -2.37. The Morgan fingerprint density at radius 1 is 1.06 bits per heavy atom. The molecule has 0 atom stereocenters. The van der Waals surface area contributed by atoms with E-state index in [2.05, 4.69) is 15.3 Å². The number of rotatable bonds is 7. The standard InChI is InChI=1S/C23H20N4O4S/c28-20(11-10-19-25-17-9-5-4-8-16(17)21(29)26-19)24-12-13-27-22(30)18(32-23(27)31)14-15-6-2-1-3-7-15/h1-9,14H,10-13H2,(H,24,28)(H,25,26,29). The van der Waals surface area contributed by atoms with E-state index in [0.29, 0.717) is 21.6 Å². The Kier molecular flexibility index (Phi) is 6.46. The first kappa shape index (κ1) is 21.5. The number of imide groups is 1. The summed E-state index contributed by atoms with van der Waals surface area (Å²) in [6, 6.07) is 16.3. The Morgan fingerprint density at radius 3 is 2.62 bits per heavy atom. The van der Waals surface area contributed by atoms with Crippen LogP contribution in [0.4, 0.5) is 4.79 Å². The molecule has 1 aromatic heterocycles. The highest BCUT2D eigenvalue weighted by Gasteiger charge is 2.34. The van der Waals surface area contributed by atoms with E-state index in [1.165, 1.54) is 0 Å². The summed E-state index contributed by atoms with van der Waals surface area (Å²) in [6.45, 7) is 0.241. The van der Waals surface area contributed by atoms with Gasteiger partial charge in [-0.15, -0.1) is 0 Å². The summed E-state index contributed by atoms with van der Waals surface area (Å²) in [5, 5.41) is 2.85. The minimum absolute atomic E-state index is 0.0909. The molecule has 0 bridgehead atoms. The average molecular weight is 449 g/mol. The van der Waals surface area contributed by atoms with Crippen LogP contribution in [0.25, 0.3) is 17.0 Å². The van der Waals surface area contributed by atoms with E-state index in [4.69, 9.17) is 0 Å². The number of nitrogens with zero attached hydrogens (tertiary/aromatic N) is 2. The number of hydrogen-bond acceptors (Lipinski definition) is 6. The van der Waals surface area contributed by atoms with Gasteiger partial charge >= 0.3 is 0 Å². The third-order valence-corrected chi connectivity index (χ3v) is 5.79. The number of hydrogen-bond donors (Lipinski definition) is 2. The van der Waals surface area contributed by atoms with Crippen LogP contribution < -0.4 is 10.9 Å². The number of aromatic amines is 1. The Hall–Kier alpha value is -3.72. The van der Waals surface area contributed by atoms with E-state index in [-0.39, 0.29) is 48.5 Å². The SMILES string of the molecule is O=C(CCc1nc2ccccc2c(=O)[nH]1)NCCN1C(=O)SC(=Cc2ccccc2)C1=O. The molecule has 0 spiro atoms. The first-order valence-electron chi connectivity index (χ1n) is 10.1. The van der Waals surface area contributed by atoms with Crippen LogP contribution in [0.1, 0.15) is 17.8 Å². The van der Waals surface area contributed by atoms with Crippen LogP contribution in [-0.4, -0.2) is 45.0 Å². The molecule has 8 nitrogen and oxygen atoms in total. The molecular formula is C23H20N4O4S. The van der Waals surface area contributed by atoms with Gasteiger partial charge in [0.25, 0.3) is 16.7 Å². The van der Waals surface area contributed by atoms with Crippen LogP contribution in [0.3, 0.4) is 0 Å². The molecule has 0 saturated carbocycles. The number of H-pyrrole nitrogens is 1. The lowest BCUT2D eigenvalue weighted by molar-refractivity contribution is -0.124. The molecule has 0 radical (unpaired) electrons. The third kappa shape index (κ3) is 4.94. The fraction of sp³-hybridized carbons (Fsp3) is 0.174. The van der Waals surface area contributed by atoms with Gasteiger partial charge < -0.3 is 10.3 Å². The van der Waals surface area contributed by atoms with Crippen LogP contribution in [0.2, 0.25) is 0 Å². The van der Waals surface area contributed by atoms with Crippen molar-refractivity contribution in [2.24, 2.45) is 0 Å². The van der Waals surface area contributed by atoms with Crippen molar-refractivity contribution in [2.45, 2.75) is 12.8 Å². The van der Waals surface area contributed by atoms with Crippen LogP contribution in [-0.2, 0) is 16.0 Å². The van der Waals surface area contributed by atoms with Crippen LogP contribution in [0, 0.1) is 0 Å². The summed E-state index contributed by atoms with van der Waals surface area (Å²) in [4.78, 5) is 57.5.